The number of rotatable bonds is 8. The predicted octanol–water partition coefficient (Wildman–Crippen LogP) is 3.72. The van der Waals surface area contributed by atoms with E-state index in [1.54, 1.807) is 0 Å². The van der Waals surface area contributed by atoms with Crippen LogP contribution in [0.3, 0.4) is 0 Å². The van der Waals surface area contributed by atoms with E-state index in [9.17, 15) is 4.79 Å². The topological polar surface area (TPSA) is 23.6 Å². The van der Waals surface area contributed by atoms with Gasteiger partial charge in [0.25, 0.3) is 0 Å². The molecule has 0 aliphatic carbocycles. The Morgan fingerprint density at radius 1 is 1.12 bits per heavy atom. The molecule has 1 aliphatic rings. The molecule has 1 aromatic carbocycles. The van der Waals surface area contributed by atoms with Gasteiger partial charge in [-0.3, -0.25) is 9.69 Å². The van der Waals surface area contributed by atoms with E-state index in [0.717, 1.165) is 52.0 Å². The highest BCUT2D eigenvalue weighted by Gasteiger charge is 2.20. The highest BCUT2D eigenvalue weighted by molar-refractivity contribution is 7.11. The minimum absolute atomic E-state index is 0.324. The van der Waals surface area contributed by atoms with Gasteiger partial charge in [-0.25, -0.2) is 0 Å². The number of aryl methyl sites for hydroxylation is 1. The summed E-state index contributed by atoms with van der Waals surface area (Å²) in [5.41, 5.74) is 1.38. The van der Waals surface area contributed by atoms with Crippen LogP contribution in [0.15, 0.2) is 42.5 Å². The van der Waals surface area contributed by atoms with Gasteiger partial charge in [-0.15, -0.1) is 11.3 Å². The second-order valence-electron chi connectivity index (χ2n) is 6.51. The zero-order valence-electron chi connectivity index (χ0n) is 14.4. The Morgan fingerprint density at radius 3 is 2.62 bits per heavy atom. The first-order valence-electron chi connectivity index (χ1n) is 8.80. The number of amides is 1. The lowest BCUT2D eigenvalue weighted by molar-refractivity contribution is -0.127. The number of thiophene rings is 1. The SMILES string of the molecule is Cc1ccc(CN(CCc2ccccc2)CCN2CCCC2=O)s1. The molecular formula is C20H26N2OS. The first-order chi connectivity index (χ1) is 11.7. The van der Waals surface area contributed by atoms with Gasteiger partial charge in [0.2, 0.25) is 5.91 Å². The fourth-order valence-electron chi connectivity index (χ4n) is 3.19. The van der Waals surface area contributed by atoms with Crippen LogP contribution in [0, 0.1) is 6.92 Å². The van der Waals surface area contributed by atoms with Crippen LogP contribution in [0.4, 0.5) is 0 Å². The lowest BCUT2D eigenvalue weighted by Crippen LogP contribution is -2.36. The molecule has 1 saturated heterocycles. The summed E-state index contributed by atoms with van der Waals surface area (Å²) in [6.45, 7) is 6.92. The van der Waals surface area contributed by atoms with Crippen molar-refractivity contribution in [1.82, 2.24) is 9.80 Å². The van der Waals surface area contributed by atoms with Crippen LogP contribution in [0.5, 0.6) is 0 Å². The number of hydrogen-bond acceptors (Lipinski definition) is 3. The summed E-state index contributed by atoms with van der Waals surface area (Å²) < 4.78 is 0. The quantitative estimate of drug-likeness (QED) is 0.730. The van der Waals surface area contributed by atoms with E-state index >= 15 is 0 Å². The van der Waals surface area contributed by atoms with E-state index in [1.807, 2.05) is 16.2 Å². The molecule has 0 radical (unpaired) electrons. The van der Waals surface area contributed by atoms with Crippen molar-refractivity contribution in [3.05, 3.63) is 57.8 Å². The molecule has 2 heterocycles. The van der Waals surface area contributed by atoms with Crippen LogP contribution in [0.1, 0.15) is 28.2 Å². The van der Waals surface area contributed by atoms with Gasteiger partial charge in [-0.1, -0.05) is 30.3 Å². The number of likely N-dealkylation sites (tertiary alicyclic amines) is 1. The monoisotopic (exact) mass is 342 g/mol. The van der Waals surface area contributed by atoms with Gasteiger partial charge >= 0.3 is 0 Å². The second kappa shape index (κ2) is 8.45. The van der Waals surface area contributed by atoms with Crippen molar-refractivity contribution in [2.45, 2.75) is 32.7 Å². The van der Waals surface area contributed by atoms with Crippen LogP contribution in [0.25, 0.3) is 0 Å². The van der Waals surface area contributed by atoms with E-state index in [0.29, 0.717) is 5.91 Å². The van der Waals surface area contributed by atoms with Gasteiger partial charge in [0, 0.05) is 48.9 Å². The van der Waals surface area contributed by atoms with Crippen molar-refractivity contribution in [2.24, 2.45) is 0 Å². The lowest BCUT2D eigenvalue weighted by atomic mass is 10.1. The van der Waals surface area contributed by atoms with Crippen molar-refractivity contribution in [3.63, 3.8) is 0 Å². The van der Waals surface area contributed by atoms with E-state index < -0.39 is 0 Å². The van der Waals surface area contributed by atoms with Crippen molar-refractivity contribution < 1.29 is 4.79 Å². The standard InChI is InChI=1S/C20H26N2OS/c1-17-9-10-19(24-17)16-21(13-11-18-6-3-2-4-7-18)14-15-22-12-5-8-20(22)23/h2-4,6-7,9-10H,5,8,11-16H2,1H3. The number of benzene rings is 1. The fraction of sp³-hybridized carbons (Fsp3) is 0.450. The summed E-state index contributed by atoms with van der Waals surface area (Å²) in [4.78, 5) is 19.1. The summed E-state index contributed by atoms with van der Waals surface area (Å²) >= 11 is 1.87. The molecule has 0 N–H and O–H groups in total. The number of carbonyl (C=O) groups is 1. The van der Waals surface area contributed by atoms with E-state index in [2.05, 4.69) is 54.3 Å². The Morgan fingerprint density at radius 2 is 1.96 bits per heavy atom. The smallest absolute Gasteiger partial charge is 0.222 e. The van der Waals surface area contributed by atoms with Gasteiger partial charge in [0.05, 0.1) is 0 Å². The normalized spacial score (nSPS) is 14.8. The minimum atomic E-state index is 0.324. The molecule has 4 heteroatoms. The van der Waals surface area contributed by atoms with Gasteiger partial charge in [-0.05, 0) is 37.5 Å². The zero-order chi connectivity index (χ0) is 16.8. The molecule has 0 atom stereocenters. The Bertz CT molecular complexity index is 653. The number of carbonyl (C=O) groups excluding carboxylic acids is 1. The molecule has 0 bridgehead atoms. The molecule has 0 saturated carbocycles. The highest BCUT2D eigenvalue weighted by atomic mass is 32.1. The maximum absolute atomic E-state index is 11.8. The van der Waals surface area contributed by atoms with Gasteiger partial charge in [-0.2, -0.15) is 0 Å². The summed E-state index contributed by atoms with van der Waals surface area (Å²) in [7, 11) is 0. The average Bonchev–Trinajstić information content (AvgIpc) is 3.19. The van der Waals surface area contributed by atoms with Crippen molar-refractivity contribution >= 4 is 17.2 Å². The summed E-state index contributed by atoms with van der Waals surface area (Å²) in [5, 5.41) is 0. The minimum Gasteiger partial charge on any atom is -0.341 e. The summed E-state index contributed by atoms with van der Waals surface area (Å²) in [6.07, 6.45) is 2.81. The van der Waals surface area contributed by atoms with Crippen LogP contribution < -0.4 is 0 Å². The Labute approximate surface area is 148 Å². The molecule has 1 amide bonds. The first kappa shape index (κ1) is 17.2. The Hall–Kier alpha value is -1.65. The third-order valence-electron chi connectivity index (χ3n) is 4.59. The molecular weight excluding hydrogens is 316 g/mol. The molecule has 3 nitrogen and oxygen atoms in total. The van der Waals surface area contributed by atoms with Gasteiger partial charge in [0.1, 0.15) is 0 Å². The third-order valence-corrected chi connectivity index (χ3v) is 5.58. The predicted molar refractivity (Wildman–Crippen MR) is 100 cm³/mol. The Kier molecular flexibility index (Phi) is 6.05. The van der Waals surface area contributed by atoms with Crippen LogP contribution in [-0.4, -0.2) is 41.9 Å². The molecule has 0 spiro atoms. The largest absolute Gasteiger partial charge is 0.341 e. The Balaban J connectivity index is 1.57. The van der Waals surface area contributed by atoms with Gasteiger partial charge in [0.15, 0.2) is 0 Å². The molecule has 2 aromatic rings. The number of hydrogen-bond donors (Lipinski definition) is 0. The van der Waals surface area contributed by atoms with Crippen molar-refractivity contribution in [2.75, 3.05) is 26.2 Å². The van der Waals surface area contributed by atoms with Crippen LogP contribution in [0.2, 0.25) is 0 Å². The van der Waals surface area contributed by atoms with Crippen molar-refractivity contribution in [1.29, 1.82) is 0 Å². The molecule has 24 heavy (non-hydrogen) atoms. The van der Waals surface area contributed by atoms with Crippen molar-refractivity contribution in [3.8, 4) is 0 Å². The molecule has 128 valence electrons. The molecule has 0 unspecified atom stereocenters. The molecule has 1 aliphatic heterocycles. The average molecular weight is 343 g/mol. The molecule has 3 rings (SSSR count). The first-order valence-corrected chi connectivity index (χ1v) is 9.62. The van der Waals surface area contributed by atoms with E-state index in [1.165, 1.54) is 15.3 Å². The number of nitrogens with zero attached hydrogens (tertiary/aromatic N) is 2. The van der Waals surface area contributed by atoms with E-state index in [4.69, 9.17) is 0 Å². The third kappa shape index (κ3) is 4.92. The molecule has 1 aromatic heterocycles. The maximum Gasteiger partial charge on any atom is 0.222 e. The van der Waals surface area contributed by atoms with Crippen LogP contribution >= 0.6 is 11.3 Å². The zero-order valence-corrected chi connectivity index (χ0v) is 15.2. The lowest BCUT2D eigenvalue weighted by Gasteiger charge is -2.25. The summed E-state index contributed by atoms with van der Waals surface area (Å²) in [5.74, 6) is 0.324. The second-order valence-corrected chi connectivity index (χ2v) is 7.88. The maximum atomic E-state index is 11.8. The van der Waals surface area contributed by atoms with E-state index in [-0.39, 0.29) is 0 Å². The summed E-state index contributed by atoms with van der Waals surface area (Å²) in [6, 6.07) is 15.1. The fourth-order valence-corrected chi connectivity index (χ4v) is 4.13. The van der Waals surface area contributed by atoms with Gasteiger partial charge < -0.3 is 4.90 Å². The molecule has 1 fully saturated rings. The van der Waals surface area contributed by atoms with Crippen LogP contribution in [-0.2, 0) is 17.8 Å². The highest BCUT2D eigenvalue weighted by Crippen LogP contribution is 2.18.